The highest BCUT2D eigenvalue weighted by Crippen LogP contribution is 2.22. The number of hydrogen-bond acceptors (Lipinski definition) is 7. The van der Waals surface area contributed by atoms with Crippen molar-refractivity contribution in [2.75, 3.05) is 5.32 Å². The number of anilines is 1. The standard InChI is InChI=1S/C17H17N5O5/c1-8-13(16(23)24)14(27-21-8)9(2)18-17(25)20-12-6-4-5-11(7-12)15-19-10(3)26-22-15/h4-7,9H,1-3H3,(H,23,24)(H2,18,20,25). The van der Waals surface area contributed by atoms with Crippen molar-refractivity contribution in [3.8, 4) is 11.4 Å². The predicted molar refractivity (Wildman–Crippen MR) is 93.2 cm³/mol. The molecule has 10 nitrogen and oxygen atoms in total. The minimum atomic E-state index is -1.17. The molecule has 0 saturated carbocycles. The van der Waals surface area contributed by atoms with E-state index in [1.165, 1.54) is 6.92 Å². The maximum absolute atomic E-state index is 12.3. The van der Waals surface area contributed by atoms with Crippen molar-refractivity contribution in [1.82, 2.24) is 20.6 Å². The van der Waals surface area contributed by atoms with Crippen LogP contribution in [0.5, 0.6) is 0 Å². The van der Waals surface area contributed by atoms with E-state index in [2.05, 4.69) is 25.9 Å². The Morgan fingerprint density at radius 2 is 1.96 bits per heavy atom. The van der Waals surface area contributed by atoms with Crippen LogP contribution in [0.4, 0.5) is 10.5 Å². The number of rotatable bonds is 5. The molecule has 2 amide bonds. The molecule has 2 heterocycles. The van der Waals surface area contributed by atoms with Gasteiger partial charge in [-0.25, -0.2) is 9.59 Å². The quantitative estimate of drug-likeness (QED) is 0.621. The normalized spacial score (nSPS) is 11.8. The number of nitrogens with zero attached hydrogens (tertiary/aromatic N) is 3. The molecule has 1 unspecified atom stereocenters. The van der Waals surface area contributed by atoms with Gasteiger partial charge in [0.2, 0.25) is 11.7 Å². The molecule has 1 aromatic carbocycles. The first-order valence-electron chi connectivity index (χ1n) is 8.03. The van der Waals surface area contributed by atoms with Gasteiger partial charge < -0.3 is 24.8 Å². The minimum absolute atomic E-state index is 0.0581. The molecule has 0 aliphatic heterocycles. The summed E-state index contributed by atoms with van der Waals surface area (Å²) >= 11 is 0. The second-order valence-corrected chi connectivity index (χ2v) is 5.85. The van der Waals surface area contributed by atoms with Crippen molar-refractivity contribution < 1.29 is 23.7 Å². The molecule has 0 spiro atoms. The maximum Gasteiger partial charge on any atom is 0.341 e. The van der Waals surface area contributed by atoms with E-state index in [1.54, 1.807) is 38.1 Å². The van der Waals surface area contributed by atoms with Gasteiger partial charge in [-0.15, -0.1) is 0 Å². The summed E-state index contributed by atoms with van der Waals surface area (Å²) in [4.78, 5) is 27.7. The Bertz CT molecular complexity index is 993. The van der Waals surface area contributed by atoms with Gasteiger partial charge in [-0.3, -0.25) is 0 Å². The smallest absolute Gasteiger partial charge is 0.341 e. The van der Waals surface area contributed by atoms with Gasteiger partial charge in [-0.1, -0.05) is 22.4 Å². The van der Waals surface area contributed by atoms with Crippen molar-refractivity contribution in [3.05, 3.63) is 47.2 Å². The van der Waals surface area contributed by atoms with Gasteiger partial charge in [-0.2, -0.15) is 4.98 Å². The van der Waals surface area contributed by atoms with Crippen LogP contribution in [0.15, 0.2) is 33.3 Å². The fourth-order valence-corrected chi connectivity index (χ4v) is 2.52. The van der Waals surface area contributed by atoms with Gasteiger partial charge in [0.05, 0.1) is 11.7 Å². The molecule has 0 aliphatic rings. The lowest BCUT2D eigenvalue weighted by Gasteiger charge is -2.13. The van der Waals surface area contributed by atoms with E-state index < -0.39 is 18.0 Å². The molecule has 140 valence electrons. The molecule has 10 heteroatoms. The van der Waals surface area contributed by atoms with Crippen LogP contribution in [0.3, 0.4) is 0 Å². The van der Waals surface area contributed by atoms with E-state index in [9.17, 15) is 14.7 Å². The maximum atomic E-state index is 12.3. The number of carbonyl (C=O) groups is 2. The lowest BCUT2D eigenvalue weighted by molar-refractivity contribution is 0.0692. The third-order valence-electron chi connectivity index (χ3n) is 3.75. The Kier molecular flexibility index (Phi) is 4.88. The monoisotopic (exact) mass is 371 g/mol. The van der Waals surface area contributed by atoms with Crippen LogP contribution in [0, 0.1) is 13.8 Å². The number of carbonyl (C=O) groups excluding carboxylic acids is 1. The van der Waals surface area contributed by atoms with Gasteiger partial charge in [0.15, 0.2) is 5.76 Å². The van der Waals surface area contributed by atoms with Crippen LogP contribution in [0.25, 0.3) is 11.4 Å². The lowest BCUT2D eigenvalue weighted by atomic mass is 10.1. The highest BCUT2D eigenvalue weighted by Gasteiger charge is 2.25. The topological polar surface area (TPSA) is 143 Å². The van der Waals surface area contributed by atoms with Crippen molar-refractivity contribution in [3.63, 3.8) is 0 Å². The fraction of sp³-hybridized carbons (Fsp3) is 0.235. The first-order valence-corrected chi connectivity index (χ1v) is 8.03. The second-order valence-electron chi connectivity index (χ2n) is 5.85. The Morgan fingerprint density at radius 1 is 1.19 bits per heavy atom. The Hall–Kier alpha value is -3.69. The highest BCUT2D eigenvalue weighted by molar-refractivity contribution is 5.92. The van der Waals surface area contributed by atoms with E-state index in [1.807, 2.05) is 0 Å². The molecule has 0 bridgehead atoms. The third-order valence-corrected chi connectivity index (χ3v) is 3.75. The number of aromatic nitrogens is 3. The van der Waals surface area contributed by atoms with Crippen LogP contribution in [0.2, 0.25) is 0 Å². The molecular weight excluding hydrogens is 354 g/mol. The molecule has 2 aromatic heterocycles. The fourth-order valence-electron chi connectivity index (χ4n) is 2.52. The molecule has 27 heavy (non-hydrogen) atoms. The van der Waals surface area contributed by atoms with Crippen LogP contribution in [0.1, 0.15) is 40.7 Å². The number of benzene rings is 1. The zero-order chi connectivity index (χ0) is 19.6. The third kappa shape index (κ3) is 3.94. The number of aromatic carboxylic acids is 1. The molecule has 0 saturated heterocycles. The Morgan fingerprint density at radius 3 is 2.63 bits per heavy atom. The average Bonchev–Trinajstić information content (AvgIpc) is 3.20. The molecule has 3 rings (SSSR count). The average molecular weight is 371 g/mol. The van der Waals surface area contributed by atoms with Crippen molar-refractivity contribution >= 4 is 17.7 Å². The van der Waals surface area contributed by atoms with E-state index >= 15 is 0 Å². The summed E-state index contributed by atoms with van der Waals surface area (Å²) in [5, 5.41) is 22.0. The number of aryl methyl sites for hydroxylation is 2. The summed E-state index contributed by atoms with van der Waals surface area (Å²) in [6, 6.07) is 5.68. The van der Waals surface area contributed by atoms with E-state index in [4.69, 9.17) is 9.05 Å². The van der Waals surface area contributed by atoms with Gasteiger partial charge in [-0.05, 0) is 26.0 Å². The number of urea groups is 1. The number of nitrogens with one attached hydrogen (secondary N) is 2. The van der Waals surface area contributed by atoms with E-state index in [-0.39, 0.29) is 17.0 Å². The summed E-state index contributed by atoms with van der Waals surface area (Å²) in [7, 11) is 0. The summed E-state index contributed by atoms with van der Waals surface area (Å²) in [6.07, 6.45) is 0. The first kappa shape index (κ1) is 18.1. The molecule has 3 N–H and O–H groups in total. The SMILES string of the molecule is Cc1nc(-c2cccc(NC(=O)NC(C)c3onc(C)c3C(=O)O)c2)no1. The predicted octanol–water partition coefficient (Wildman–Crippen LogP) is 2.92. The van der Waals surface area contributed by atoms with E-state index in [0.717, 1.165) is 0 Å². The largest absolute Gasteiger partial charge is 0.477 e. The summed E-state index contributed by atoms with van der Waals surface area (Å²) in [5.41, 5.74) is 1.37. The molecule has 0 radical (unpaired) electrons. The van der Waals surface area contributed by atoms with Crippen molar-refractivity contribution in [2.24, 2.45) is 0 Å². The van der Waals surface area contributed by atoms with Crippen molar-refractivity contribution in [1.29, 1.82) is 0 Å². The van der Waals surface area contributed by atoms with Gasteiger partial charge in [0.1, 0.15) is 5.56 Å². The second kappa shape index (κ2) is 7.28. The Balaban J connectivity index is 1.70. The highest BCUT2D eigenvalue weighted by atomic mass is 16.5. The number of amides is 2. The van der Waals surface area contributed by atoms with Crippen molar-refractivity contribution in [2.45, 2.75) is 26.8 Å². The molecular formula is C17H17N5O5. The summed E-state index contributed by atoms with van der Waals surface area (Å²) in [6.45, 7) is 4.81. The van der Waals surface area contributed by atoms with Crippen LogP contribution in [-0.2, 0) is 0 Å². The molecule has 0 fully saturated rings. The molecule has 1 atom stereocenters. The van der Waals surface area contributed by atoms with Crippen LogP contribution >= 0.6 is 0 Å². The Labute approximate surface area is 153 Å². The van der Waals surface area contributed by atoms with Gasteiger partial charge in [0.25, 0.3) is 0 Å². The zero-order valence-corrected chi connectivity index (χ0v) is 14.8. The molecule has 0 aliphatic carbocycles. The van der Waals surface area contributed by atoms with E-state index in [0.29, 0.717) is 23.0 Å². The minimum Gasteiger partial charge on any atom is -0.477 e. The first-order chi connectivity index (χ1) is 12.8. The lowest BCUT2D eigenvalue weighted by Crippen LogP contribution is -2.31. The molecule has 3 aromatic rings. The number of carboxylic acids is 1. The van der Waals surface area contributed by atoms with Gasteiger partial charge >= 0.3 is 12.0 Å². The van der Waals surface area contributed by atoms with Crippen LogP contribution < -0.4 is 10.6 Å². The zero-order valence-electron chi connectivity index (χ0n) is 14.8. The van der Waals surface area contributed by atoms with Crippen LogP contribution in [-0.4, -0.2) is 32.4 Å². The number of carboxylic acid groups (broad SMARTS) is 1. The summed E-state index contributed by atoms with van der Waals surface area (Å²) in [5.74, 6) is -0.244. The number of hydrogen-bond donors (Lipinski definition) is 3. The summed E-state index contributed by atoms with van der Waals surface area (Å²) < 4.78 is 10.00. The van der Waals surface area contributed by atoms with Gasteiger partial charge in [0, 0.05) is 18.2 Å².